The molecule has 0 aliphatic rings. The molecule has 118 valence electrons. The zero-order chi connectivity index (χ0) is 16.2. The normalized spacial score (nSPS) is 12.9. The van der Waals surface area contributed by atoms with Gasteiger partial charge in [0, 0.05) is 15.6 Å². The highest BCUT2D eigenvalue weighted by Gasteiger charge is 2.24. The number of aryl methyl sites for hydroxylation is 1. The Bertz CT molecular complexity index is 514. The molecule has 0 aliphatic heterocycles. The van der Waals surface area contributed by atoms with Crippen LogP contribution in [0, 0.1) is 6.92 Å². The van der Waals surface area contributed by atoms with Crippen LogP contribution in [0.2, 0.25) is 0 Å². The van der Waals surface area contributed by atoms with Gasteiger partial charge in [0.05, 0.1) is 6.61 Å². The fourth-order valence-electron chi connectivity index (χ4n) is 1.84. The van der Waals surface area contributed by atoms with E-state index in [-0.39, 0.29) is 18.1 Å². The number of hydrogen-bond donors (Lipinski definition) is 2. The van der Waals surface area contributed by atoms with Gasteiger partial charge >= 0.3 is 0 Å². The summed E-state index contributed by atoms with van der Waals surface area (Å²) in [6.07, 6.45) is 0.214. The van der Waals surface area contributed by atoms with E-state index in [2.05, 4.69) is 21.2 Å². The van der Waals surface area contributed by atoms with Gasteiger partial charge in [-0.25, -0.2) is 0 Å². The minimum atomic E-state index is -0.624. The van der Waals surface area contributed by atoms with E-state index in [1.165, 1.54) is 0 Å². The van der Waals surface area contributed by atoms with Gasteiger partial charge in [0.15, 0.2) is 6.10 Å². The fourth-order valence-corrected chi connectivity index (χ4v) is 2.46. The number of aliphatic hydroxyl groups excluding tert-OH is 1. The van der Waals surface area contributed by atoms with E-state index in [4.69, 9.17) is 4.74 Å². The lowest BCUT2D eigenvalue weighted by molar-refractivity contribution is -0.129. The fraction of sp³-hybridized carbons (Fsp3) is 0.562. The summed E-state index contributed by atoms with van der Waals surface area (Å²) in [6.45, 7) is 9.44. The van der Waals surface area contributed by atoms with Crippen LogP contribution in [0.5, 0.6) is 5.75 Å². The smallest absolute Gasteiger partial charge is 0.261 e. The lowest BCUT2D eigenvalue weighted by Crippen LogP contribution is -2.48. The number of carbonyl (C=O) groups excluding carboxylic acids is 1. The summed E-state index contributed by atoms with van der Waals surface area (Å²) in [7, 11) is 0. The molecule has 1 amide bonds. The molecule has 1 atom stereocenters. The standard InChI is InChI=1S/C16H24BrNO3/c1-6-16(4,5)18-15(20)11(3)21-14-10(2)7-13(17)8-12(14)9-19/h7-8,11,19H,6,9H2,1-5H3,(H,18,20). The van der Waals surface area contributed by atoms with Crippen molar-refractivity contribution < 1.29 is 14.6 Å². The first-order valence-electron chi connectivity index (χ1n) is 7.08. The van der Waals surface area contributed by atoms with Gasteiger partial charge in [0.25, 0.3) is 5.91 Å². The molecule has 0 heterocycles. The molecule has 0 saturated carbocycles. The number of halogens is 1. The van der Waals surface area contributed by atoms with Crippen LogP contribution < -0.4 is 10.1 Å². The number of ether oxygens (including phenoxy) is 1. The van der Waals surface area contributed by atoms with Crippen LogP contribution in [0.25, 0.3) is 0 Å². The Balaban J connectivity index is 2.88. The summed E-state index contributed by atoms with van der Waals surface area (Å²) in [6, 6.07) is 3.69. The van der Waals surface area contributed by atoms with Crippen LogP contribution >= 0.6 is 15.9 Å². The van der Waals surface area contributed by atoms with Crippen molar-refractivity contribution in [2.75, 3.05) is 0 Å². The van der Waals surface area contributed by atoms with E-state index in [1.807, 2.05) is 33.8 Å². The number of aliphatic hydroxyl groups is 1. The second-order valence-electron chi connectivity index (χ2n) is 5.86. The maximum atomic E-state index is 12.2. The zero-order valence-electron chi connectivity index (χ0n) is 13.3. The second kappa shape index (κ2) is 7.27. The Kier molecular flexibility index (Phi) is 6.23. The number of rotatable bonds is 6. The number of amides is 1. The lowest BCUT2D eigenvalue weighted by atomic mass is 10.0. The van der Waals surface area contributed by atoms with Gasteiger partial charge < -0.3 is 15.2 Å². The van der Waals surface area contributed by atoms with E-state index in [0.717, 1.165) is 16.5 Å². The van der Waals surface area contributed by atoms with Gasteiger partial charge in [0.2, 0.25) is 0 Å². The van der Waals surface area contributed by atoms with E-state index in [1.54, 1.807) is 13.0 Å². The molecule has 1 rings (SSSR count). The first-order chi connectivity index (χ1) is 9.70. The van der Waals surface area contributed by atoms with Gasteiger partial charge in [0.1, 0.15) is 5.75 Å². The summed E-state index contributed by atoms with van der Waals surface area (Å²) < 4.78 is 6.66. The summed E-state index contributed by atoms with van der Waals surface area (Å²) in [5.74, 6) is 0.408. The highest BCUT2D eigenvalue weighted by atomic mass is 79.9. The maximum absolute atomic E-state index is 12.2. The monoisotopic (exact) mass is 357 g/mol. The summed E-state index contributed by atoms with van der Waals surface area (Å²) in [5, 5.41) is 12.4. The van der Waals surface area contributed by atoms with Gasteiger partial charge in [-0.3, -0.25) is 4.79 Å². The van der Waals surface area contributed by atoms with Crippen LogP contribution in [0.1, 0.15) is 45.2 Å². The minimum absolute atomic E-state index is 0.135. The number of hydrogen-bond acceptors (Lipinski definition) is 3. The molecule has 0 fully saturated rings. The van der Waals surface area contributed by atoms with Crippen molar-refractivity contribution in [3.63, 3.8) is 0 Å². The Morgan fingerprint density at radius 3 is 2.62 bits per heavy atom. The quantitative estimate of drug-likeness (QED) is 0.820. The van der Waals surface area contributed by atoms with Crippen LogP contribution in [0.4, 0.5) is 0 Å². The molecule has 1 aromatic carbocycles. The minimum Gasteiger partial charge on any atom is -0.480 e. The Morgan fingerprint density at radius 2 is 2.10 bits per heavy atom. The molecular formula is C16H24BrNO3. The molecule has 0 bridgehead atoms. The molecule has 0 aromatic heterocycles. The first kappa shape index (κ1) is 18.0. The molecule has 0 radical (unpaired) electrons. The van der Waals surface area contributed by atoms with Crippen molar-refractivity contribution in [1.29, 1.82) is 0 Å². The molecule has 0 saturated heterocycles. The van der Waals surface area contributed by atoms with Gasteiger partial charge in [-0.05, 0) is 51.8 Å². The third kappa shape index (κ3) is 5.00. The number of nitrogens with one attached hydrogen (secondary N) is 1. The van der Waals surface area contributed by atoms with Crippen molar-refractivity contribution in [2.24, 2.45) is 0 Å². The largest absolute Gasteiger partial charge is 0.480 e. The van der Waals surface area contributed by atoms with E-state index in [9.17, 15) is 9.90 Å². The van der Waals surface area contributed by atoms with Gasteiger partial charge in [-0.2, -0.15) is 0 Å². The molecule has 0 aliphatic carbocycles. The molecule has 4 nitrogen and oxygen atoms in total. The average Bonchev–Trinajstić information content (AvgIpc) is 2.40. The molecule has 0 spiro atoms. The average molecular weight is 358 g/mol. The van der Waals surface area contributed by atoms with E-state index >= 15 is 0 Å². The van der Waals surface area contributed by atoms with Crippen LogP contribution in [-0.4, -0.2) is 22.7 Å². The summed E-state index contributed by atoms with van der Waals surface area (Å²) in [4.78, 5) is 12.2. The SMILES string of the molecule is CCC(C)(C)NC(=O)C(C)Oc1c(C)cc(Br)cc1CO. The van der Waals surface area contributed by atoms with Crippen LogP contribution in [0.3, 0.4) is 0 Å². The van der Waals surface area contributed by atoms with Crippen molar-refractivity contribution >= 4 is 21.8 Å². The Hall–Kier alpha value is -1.07. The third-order valence-electron chi connectivity index (χ3n) is 3.50. The summed E-state index contributed by atoms with van der Waals surface area (Å²) >= 11 is 3.39. The van der Waals surface area contributed by atoms with Gasteiger partial charge in [-0.1, -0.05) is 22.9 Å². The van der Waals surface area contributed by atoms with E-state index < -0.39 is 6.10 Å². The van der Waals surface area contributed by atoms with Crippen molar-refractivity contribution in [3.05, 3.63) is 27.7 Å². The lowest BCUT2D eigenvalue weighted by Gasteiger charge is -2.27. The highest BCUT2D eigenvalue weighted by Crippen LogP contribution is 2.29. The first-order valence-corrected chi connectivity index (χ1v) is 7.88. The molecule has 2 N–H and O–H groups in total. The van der Waals surface area contributed by atoms with Crippen LogP contribution in [0.15, 0.2) is 16.6 Å². The molecule has 1 unspecified atom stereocenters. The number of benzene rings is 1. The van der Waals surface area contributed by atoms with Crippen LogP contribution in [-0.2, 0) is 11.4 Å². The van der Waals surface area contributed by atoms with E-state index in [0.29, 0.717) is 11.3 Å². The Morgan fingerprint density at radius 1 is 1.48 bits per heavy atom. The number of carbonyl (C=O) groups is 1. The third-order valence-corrected chi connectivity index (χ3v) is 3.95. The zero-order valence-corrected chi connectivity index (χ0v) is 14.9. The molecule has 1 aromatic rings. The van der Waals surface area contributed by atoms with Crippen molar-refractivity contribution in [1.82, 2.24) is 5.32 Å². The highest BCUT2D eigenvalue weighted by molar-refractivity contribution is 9.10. The summed E-state index contributed by atoms with van der Waals surface area (Å²) in [5.41, 5.74) is 1.28. The predicted octanol–water partition coefficient (Wildman–Crippen LogP) is 3.32. The topological polar surface area (TPSA) is 58.6 Å². The molecule has 5 heteroatoms. The van der Waals surface area contributed by atoms with Crippen molar-refractivity contribution in [2.45, 2.75) is 59.3 Å². The molecular weight excluding hydrogens is 334 g/mol. The second-order valence-corrected chi connectivity index (χ2v) is 6.77. The molecule has 21 heavy (non-hydrogen) atoms. The Labute approximate surface area is 135 Å². The maximum Gasteiger partial charge on any atom is 0.261 e. The predicted molar refractivity (Wildman–Crippen MR) is 87.4 cm³/mol. The van der Waals surface area contributed by atoms with Crippen molar-refractivity contribution in [3.8, 4) is 5.75 Å². The van der Waals surface area contributed by atoms with Gasteiger partial charge in [-0.15, -0.1) is 0 Å².